The number of aromatic amines is 1. The summed E-state index contributed by atoms with van der Waals surface area (Å²) in [5.41, 5.74) is -0.411. The first kappa shape index (κ1) is 15.0. The predicted octanol–water partition coefficient (Wildman–Crippen LogP) is 1.74. The highest BCUT2D eigenvalue weighted by atomic mass is 35.5. The molecule has 1 unspecified atom stereocenters. The lowest BCUT2D eigenvalue weighted by Gasteiger charge is -2.15. The molecule has 18 heavy (non-hydrogen) atoms. The molecule has 6 heteroatoms. The quantitative estimate of drug-likeness (QED) is 0.832. The minimum absolute atomic E-state index is 0.0458. The predicted molar refractivity (Wildman–Crippen MR) is 71.5 cm³/mol. The molecule has 0 bridgehead atoms. The van der Waals surface area contributed by atoms with Crippen molar-refractivity contribution < 1.29 is 4.74 Å². The third kappa shape index (κ3) is 3.23. The van der Waals surface area contributed by atoms with E-state index in [1.807, 2.05) is 27.7 Å². The van der Waals surface area contributed by atoms with Gasteiger partial charge in [0.1, 0.15) is 5.15 Å². The molecular formula is C12H19ClN2O3. The lowest BCUT2D eigenvalue weighted by Crippen LogP contribution is -2.40. The Bertz CT molecular complexity index is 519. The normalized spacial score (nSPS) is 13.0. The third-order valence-corrected chi connectivity index (χ3v) is 2.94. The minimum Gasteiger partial charge on any atom is -0.377 e. The molecule has 0 aliphatic heterocycles. The van der Waals surface area contributed by atoms with Gasteiger partial charge in [0, 0.05) is 6.61 Å². The monoisotopic (exact) mass is 274 g/mol. The van der Waals surface area contributed by atoms with Gasteiger partial charge in [0.15, 0.2) is 0 Å². The van der Waals surface area contributed by atoms with Crippen LogP contribution in [0.25, 0.3) is 0 Å². The topological polar surface area (TPSA) is 64.1 Å². The van der Waals surface area contributed by atoms with Crippen LogP contribution in [0.1, 0.15) is 39.2 Å². The first-order valence-corrected chi connectivity index (χ1v) is 6.40. The summed E-state index contributed by atoms with van der Waals surface area (Å²) in [6.07, 6.45) is -0.199. The van der Waals surface area contributed by atoms with Crippen molar-refractivity contribution >= 4 is 11.6 Å². The van der Waals surface area contributed by atoms with Crippen LogP contribution in [0.5, 0.6) is 0 Å². The highest BCUT2D eigenvalue weighted by Crippen LogP contribution is 2.16. The fourth-order valence-corrected chi connectivity index (χ4v) is 2.20. The molecule has 0 saturated carbocycles. The van der Waals surface area contributed by atoms with E-state index in [0.29, 0.717) is 12.2 Å². The summed E-state index contributed by atoms with van der Waals surface area (Å²) in [6, 6.07) is 0. The Morgan fingerprint density at radius 2 is 1.94 bits per heavy atom. The maximum atomic E-state index is 12.2. The van der Waals surface area contributed by atoms with E-state index >= 15 is 0 Å². The van der Waals surface area contributed by atoms with E-state index in [1.165, 1.54) is 0 Å². The van der Waals surface area contributed by atoms with Gasteiger partial charge in [0.25, 0.3) is 5.56 Å². The molecule has 0 amide bonds. The number of ether oxygens (including phenoxy) is 1. The molecule has 5 nitrogen and oxygen atoms in total. The van der Waals surface area contributed by atoms with Crippen LogP contribution < -0.4 is 11.2 Å². The lowest BCUT2D eigenvalue weighted by atomic mass is 10.1. The van der Waals surface area contributed by atoms with Gasteiger partial charge < -0.3 is 4.74 Å². The average Bonchev–Trinajstić information content (AvgIpc) is 2.23. The Labute approximate surface area is 111 Å². The van der Waals surface area contributed by atoms with Gasteiger partial charge in [-0.05, 0) is 19.8 Å². The maximum absolute atomic E-state index is 12.2. The number of H-pyrrole nitrogens is 1. The summed E-state index contributed by atoms with van der Waals surface area (Å²) in [4.78, 5) is 26.4. The molecule has 102 valence electrons. The van der Waals surface area contributed by atoms with Gasteiger partial charge in [-0.15, -0.1) is 0 Å². The molecule has 0 aliphatic rings. The Balaban J connectivity index is 3.24. The van der Waals surface area contributed by atoms with E-state index in [0.717, 1.165) is 4.57 Å². The van der Waals surface area contributed by atoms with E-state index in [9.17, 15) is 9.59 Å². The summed E-state index contributed by atoms with van der Waals surface area (Å²) in [5.74, 6) is -0.0458. The van der Waals surface area contributed by atoms with Crippen molar-refractivity contribution in [1.29, 1.82) is 0 Å². The van der Waals surface area contributed by atoms with Crippen LogP contribution in [0.4, 0.5) is 0 Å². The smallest absolute Gasteiger partial charge is 0.329 e. The summed E-state index contributed by atoms with van der Waals surface area (Å²) in [6.45, 7) is 8.16. The van der Waals surface area contributed by atoms with Crippen LogP contribution in [0.3, 0.4) is 0 Å². The zero-order chi connectivity index (χ0) is 13.9. The van der Waals surface area contributed by atoms with Gasteiger partial charge in [-0.25, -0.2) is 4.79 Å². The highest BCUT2D eigenvalue weighted by molar-refractivity contribution is 6.30. The molecule has 0 aromatic carbocycles. The Morgan fingerprint density at radius 1 is 1.33 bits per heavy atom. The van der Waals surface area contributed by atoms with Gasteiger partial charge in [-0.3, -0.25) is 14.3 Å². The number of nitrogens with one attached hydrogen (secondary N) is 1. The van der Waals surface area contributed by atoms with Crippen molar-refractivity contribution in [2.45, 2.75) is 46.3 Å². The van der Waals surface area contributed by atoms with E-state index in [4.69, 9.17) is 16.3 Å². The minimum atomic E-state index is -0.499. The van der Waals surface area contributed by atoms with Crippen LogP contribution in [-0.4, -0.2) is 22.3 Å². The van der Waals surface area contributed by atoms with Gasteiger partial charge in [0.05, 0.1) is 18.2 Å². The van der Waals surface area contributed by atoms with Crippen LogP contribution in [0, 0.1) is 0 Å². The number of hydrogen-bond donors (Lipinski definition) is 1. The molecule has 1 atom stereocenters. The molecule has 0 aliphatic carbocycles. The van der Waals surface area contributed by atoms with Crippen molar-refractivity contribution in [3.63, 3.8) is 0 Å². The number of hydrogen-bond acceptors (Lipinski definition) is 3. The van der Waals surface area contributed by atoms with Crippen LogP contribution in [0.2, 0.25) is 5.15 Å². The van der Waals surface area contributed by atoms with Gasteiger partial charge in [-0.1, -0.05) is 25.4 Å². The van der Waals surface area contributed by atoms with E-state index in [-0.39, 0.29) is 29.3 Å². The highest BCUT2D eigenvalue weighted by Gasteiger charge is 2.16. The van der Waals surface area contributed by atoms with Crippen molar-refractivity contribution in [2.24, 2.45) is 0 Å². The summed E-state index contributed by atoms with van der Waals surface area (Å²) in [5, 5.41) is 0.125. The lowest BCUT2D eigenvalue weighted by molar-refractivity contribution is 0.0622. The second-order valence-corrected chi connectivity index (χ2v) is 4.87. The average molecular weight is 275 g/mol. The SMILES string of the molecule is CCOC(C)Cn1c(=O)[nH]c(Cl)c(C(C)C)c1=O. The Kier molecular flexibility index (Phi) is 5.16. The Morgan fingerprint density at radius 3 is 2.44 bits per heavy atom. The van der Waals surface area contributed by atoms with Crippen molar-refractivity contribution in [1.82, 2.24) is 9.55 Å². The molecule has 0 spiro atoms. The molecular weight excluding hydrogens is 256 g/mol. The summed E-state index contributed by atoms with van der Waals surface area (Å²) >= 11 is 5.90. The number of aromatic nitrogens is 2. The molecule has 1 rings (SSSR count). The van der Waals surface area contributed by atoms with Crippen LogP contribution in [0.15, 0.2) is 9.59 Å². The molecule has 1 aromatic rings. The van der Waals surface area contributed by atoms with Crippen molar-refractivity contribution in [3.05, 3.63) is 31.6 Å². The van der Waals surface area contributed by atoms with Gasteiger partial charge >= 0.3 is 5.69 Å². The first-order valence-electron chi connectivity index (χ1n) is 6.02. The second kappa shape index (κ2) is 6.20. The maximum Gasteiger partial charge on any atom is 0.329 e. The molecule has 0 fully saturated rings. The summed E-state index contributed by atoms with van der Waals surface area (Å²) < 4.78 is 6.48. The van der Waals surface area contributed by atoms with Gasteiger partial charge in [-0.2, -0.15) is 0 Å². The van der Waals surface area contributed by atoms with Gasteiger partial charge in [0.2, 0.25) is 0 Å². The van der Waals surface area contributed by atoms with Crippen LogP contribution >= 0.6 is 11.6 Å². The molecule has 1 N–H and O–H groups in total. The second-order valence-electron chi connectivity index (χ2n) is 4.49. The molecule has 1 aromatic heterocycles. The summed E-state index contributed by atoms with van der Waals surface area (Å²) in [7, 11) is 0. The number of nitrogens with zero attached hydrogens (tertiary/aromatic N) is 1. The molecule has 1 heterocycles. The zero-order valence-electron chi connectivity index (χ0n) is 11.1. The third-order valence-electron chi connectivity index (χ3n) is 2.64. The fourth-order valence-electron chi connectivity index (χ4n) is 1.82. The Hall–Kier alpha value is -1.07. The molecule has 0 saturated heterocycles. The zero-order valence-corrected chi connectivity index (χ0v) is 11.9. The van der Waals surface area contributed by atoms with Crippen molar-refractivity contribution in [2.75, 3.05) is 6.61 Å². The van der Waals surface area contributed by atoms with E-state index in [2.05, 4.69) is 4.98 Å². The van der Waals surface area contributed by atoms with E-state index < -0.39 is 5.69 Å². The standard InChI is InChI=1S/C12H19ClN2O3/c1-5-18-8(4)6-15-11(16)9(7(2)3)10(13)14-12(15)17/h7-8H,5-6H2,1-4H3,(H,14,17). The number of rotatable bonds is 5. The van der Waals surface area contributed by atoms with E-state index in [1.54, 1.807) is 0 Å². The fraction of sp³-hybridized carbons (Fsp3) is 0.667. The number of halogens is 1. The molecule has 0 radical (unpaired) electrons. The van der Waals surface area contributed by atoms with Crippen LogP contribution in [-0.2, 0) is 11.3 Å². The largest absolute Gasteiger partial charge is 0.377 e. The van der Waals surface area contributed by atoms with Crippen molar-refractivity contribution in [3.8, 4) is 0 Å². The first-order chi connectivity index (χ1) is 8.38.